The van der Waals surface area contributed by atoms with Gasteiger partial charge in [-0.1, -0.05) is 6.07 Å². The summed E-state index contributed by atoms with van der Waals surface area (Å²) < 4.78 is 5.64. The molecular weight excluding hydrogens is 188 g/mol. The van der Waals surface area contributed by atoms with Crippen LogP contribution in [0.25, 0.3) is 0 Å². The van der Waals surface area contributed by atoms with Crippen molar-refractivity contribution in [3.05, 3.63) is 29.8 Å². The molecule has 3 heteroatoms. The van der Waals surface area contributed by atoms with Gasteiger partial charge in [-0.3, -0.25) is 0 Å². The molecule has 78 valence electrons. The third-order valence-corrected chi connectivity index (χ3v) is 2.61. The molecule has 0 amide bonds. The minimum Gasteiger partial charge on any atom is -0.493 e. The second kappa shape index (κ2) is 4.81. The first kappa shape index (κ1) is 10.0. The van der Waals surface area contributed by atoms with Gasteiger partial charge in [-0.2, -0.15) is 5.26 Å². The zero-order valence-corrected chi connectivity index (χ0v) is 8.57. The number of rotatable bonds is 3. The molecule has 1 aliphatic heterocycles. The molecule has 1 N–H and O–H groups in total. The van der Waals surface area contributed by atoms with Crippen molar-refractivity contribution >= 4 is 0 Å². The highest BCUT2D eigenvalue weighted by Gasteiger charge is 2.14. The Morgan fingerprint density at radius 1 is 1.53 bits per heavy atom. The van der Waals surface area contributed by atoms with Gasteiger partial charge in [0.25, 0.3) is 0 Å². The molecule has 3 nitrogen and oxygen atoms in total. The van der Waals surface area contributed by atoms with E-state index in [-0.39, 0.29) is 0 Å². The van der Waals surface area contributed by atoms with Crippen LogP contribution in [0.15, 0.2) is 24.3 Å². The van der Waals surface area contributed by atoms with E-state index in [9.17, 15) is 0 Å². The number of nitriles is 1. The molecule has 1 aromatic carbocycles. The number of nitrogens with one attached hydrogen (secondary N) is 1. The summed E-state index contributed by atoms with van der Waals surface area (Å²) >= 11 is 0. The summed E-state index contributed by atoms with van der Waals surface area (Å²) in [7, 11) is 0. The Bertz CT molecular complexity index is 364. The topological polar surface area (TPSA) is 45.0 Å². The van der Waals surface area contributed by atoms with Crippen molar-refractivity contribution in [1.29, 1.82) is 5.26 Å². The van der Waals surface area contributed by atoms with Crippen molar-refractivity contribution in [2.45, 2.75) is 6.42 Å². The lowest BCUT2D eigenvalue weighted by Crippen LogP contribution is -2.15. The molecular formula is C12H14N2O. The number of nitrogens with zero attached hydrogens (tertiary/aromatic N) is 1. The largest absolute Gasteiger partial charge is 0.493 e. The summed E-state index contributed by atoms with van der Waals surface area (Å²) in [6.07, 6.45) is 1.18. The summed E-state index contributed by atoms with van der Waals surface area (Å²) in [4.78, 5) is 0. The van der Waals surface area contributed by atoms with Crippen LogP contribution >= 0.6 is 0 Å². The van der Waals surface area contributed by atoms with E-state index in [0.717, 1.165) is 25.4 Å². The quantitative estimate of drug-likeness (QED) is 0.808. The van der Waals surface area contributed by atoms with Crippen molar-refractivity contribution in [3.63, 3.8) is 0 Å². The van der Waals surface area contributed by atoms with Crippen LogP contribution < -0.4 is 10.1 Å². The lowest BCUT2D eigenvalue weighted by atomic mass is 10.1. The van der Waals surface area contributed by atoms with Crippen LogP contribution in [0.3, 0.4) is 0 Å². The highest BCUT2D eigenvalue weighted by Crippen LogP contribution is 2.15. The van der Waals surface area contributed by atoms with Crippen molar-refractivity contribution in [3.8, 4) is 11.8 Å². The third kappa shape index (κ3) is 2.71. The monoisotopic (exact) mass is 202 g/mol. The van der Waals surface area contributed by atoms with Crippen LogP contribution in [-0.2, 0) is 0 Å². The van der Waals surface area contributed by atoms with Crippen LogP contribution in [0.1, 0.15) is 12.0 Å². The van der Waals surface area contributed by atoms with E-state index >= 15 is 0 Å². The molecule has 1 atom stereocenters. The fraction of sp³-hybridized carbons (Fsp3) is 0.417. The zero-order valence-electron chi connectivity index (χ0n) is 8.57. The van der Waals surface area contributed by atoms with E-state index < -0.39 is 0 Å². The molecule has 0 radical (unpaired) electrons. The molecule has 0 saturated carbocycles. The number of hydrogen-bond donors (Lipinski definition) is 1. The lowest BCUT2D eigenvalue weighted by molar-refractivity contribution is 0.260. The van der Waals surface area contributed by atoms with Gasteiger partial charge in [0.1, 0.15) is 5.75 Å². The molecule has 15 heavy (non-hydrogen) atoms. The molecule has 1 aliphatic rings. The lowest BCUT2D eigenvalue weighted by Gasteiger charge is -2.10. The fourth-order valence-corrected chi connectivity index (χ4v) is 1.73. The molecule has 1 saturated heterocycles. The van der Waals surface area contributed by atoms with E-state index in [4.69, 9.17) is 10.00 Å². The SMILES string of the molecule is N#Cc1cccc(OC[C@@H]2CCNC2)c1. The first-order chi connectivity index (χ1) is 7.38. The second-order valence-corrected chi connectivity index (χ2v) is 3.81. The molecule has 0 unspecified atom stereocenters. The average molecular weight is 202 g/mol. The molecule has 1 aromatic rings. The Kier molecular flexibility index (Phi) is 3.21. The van der Waals surface area contributed by atoms with E-state index in [1.807, 2.05) is 12.1 Å². The van der Waals surface area contributed by atoms with E-state index in [2.05, 4.69) is 11.4 Å². The summed E-state index contributed by atoms with van der Waals surface area (Å²) in [5.41, 5.74) is 0.650. The van der Waals surface area contributed by atoms with Crippen LogP contribution in [0.4, 0.5) is 0 Å². The van der Waals surface area contributed by atoms with Gasteiger partial charge in [-0.25, -0.2) is 0 Å². The average Bonchev–Trinajstić information content (AvgIpc) is 2.79. The van der Waals surface area contributed by atoms with Gasteiger partial charge in [0.05, 0.1) is 18.2 Å². The fourth-order valence-electron chi connectivity index (χ4n) is 1.73. The maximum atomic E-state index is 8.73. The van der Waals surface area contributed by atoms with Gasteiger partial charge >= 0.3 is 0 Å². The smallest absolute Gasteiger partial charge is 0.120 e. The Hall–Kier alpha value is -1.53. The number of benzene rings is 1. The number of ether oxygens (including phenoxy) is 1. The Balaban J connectivity index is 1.90. The predicted octanol–water partition coefficient (Wildman–Crippen LogP) is 1.55. The Morgan fingerprint density at radius 2 is 2.47 bits per heavy atom. The highest BCUT2D eigenvalue weighted by atomic mass is 16.5. The van der Waals surface area contributed by atoms with Gasteiger partial charge in [0.15, 0.2) is 0 Å². The van der Waals surface area contributed by atoms with Crippen molar-refractivity contribution in [2.75, 3.05) is 19.7 Å². The molecule has 0 bridgehead atoms. The van der Waals surface area contributed by atoms with Crippen LogP contribution in [0.2, 0.25) is 0 Å². The van der Waals surface area contributed by atoms with Crippen molar-refractivity contribution < 1.29 is 4.74 Å². The molecule has 0 spiro atoms. The maximum absolute atomic E-state index is 8.73. The second-order valence-electron chi connectivity index (χ2n) is 3.81. The molecule has 1 heterocycles. The van der Waals surface area contributed by atoms with E-state index in [0.29, 0.717) is 11.5 Å². The van der Waals surface area contributed by atoms with Crippen LogP contribution in [0.5, 0.6) is 5.75 Å². The molecule has 0 aromatic heterocycles. The van der Waals surface area contributed by atoms with Gasteiger partial charge in [-0.05, 0) is 31.2 Å². The zero-order chi connectivity index (χ0) is 10.5. The van der Waals surface area contributed by atoms with Crippen molar-refractivity contribution in [2.24, 2.45) is 5.92 Å². The normalized spacial score (nSPS) is 19.8. The molecule has 0 aliphatic carbocycles. The van der Waals surface area contributed by atoms with Gasteiger partial charge < -0.3 is 10.1 Å². The summed E-state index contributed by atoms with van der Waals surface area (Å²) in [5, 5.41) is 12.0. The standard InChI is InChI=1S/C12H14N2O/c13-7-10-2-1-3-12(6-10)15-9-11-4-5-14-8-11/h1-3,6,11,14H,4-5,8-9H2/t11-/m1/s1. The summed E-state index contributed by atoms with van der Waals surface area (Å²) in [6, 6.07) is 9.40. The Labute approximate surface area is 89.7 Å². The minimum atomic E-state index is 0.607. The summed E-state index contributed by atoms with van der Waals surface area (Å²) in [5.74, 6) is 1.40. The highest BCUT2D eigenvalue weighted by molar-refractivity contribution is 5.36. The predicted molar refractivity (Wildman–Crippen MR) is 57.6 cm³/mol. The molecule has 1 fully saturated rings. The Morgan fingerprint density at radius 3 is 3.20 bits per heavy atom. The van der Waals surface area contributed by atoms with Gasteiger partial charge in [0, 0.05) is 12.5 Å². The van der Waals surface area contributed by atoms with Gasteiger partial charge in [-0.15, -0.1) is 0 Å². The maximum Gasteiger partial charge on any atom is 0.120 e. The molecule has 2 rings (SSSR count). The van der Waals surface area contributed by atoms with Crippen LogP contribution in [-0.4, -0.2) is 19.7 Å². The summed E-state index contributed by atoms with van der Waals surface area (Å²) in [6.45, 7) is 2.87. The van der Waals surface area contributed by atoms with Crippen molar-refractivity contribution in [1.82, 2.24) is 5.32 Å². The number of hydrogen-bond acceptors (Lipinski definition) is 3. The van der Waals surface area contributed by atoms with E-state index in [1.54, 1.807) is 12.1 Å². The van der Waals surface area contributed by atoms with E-state index in [1.165, 1.54) is 6.42 Å². The first-order valence-electron chi connectivity index (χ1n) is 5.22. The van der Waals surface area contributed by atoms with Crippen LogP contribution in [0, 0.1) is 17.2 Å². The first-order valence-corrected chi connectivity index (χ1v) is 5.22. The minimum absolute atomic E-state index is 0.607. The van der Waals surface area contributed by atoms with Gasteiger partial charge in [0.2, 0.25) is 0 Å². The third-order valence-electron chi connectivity index (χ3n) is 2.61.